The molecule has 0 heterocycles. The highest BCUT2D eigenvalue weighted by Gasteiger charge is 2.46. The van der Waals surface area contributed by atoms with Crippen molar-refractivity contribution >= 4 is 17.8 Å². The van der Waals surface area contributed by atoms with E-state index in [1.807, 2.05) is 0 Å². The molecule has 0 saturated carbocycles. The maximum atomic E-state index is 12.2. The Balaban J connectivity index is 5.22. The molecular formula is C11H13F6NO5. The molecular weight excluding hydrogens is 340 g/mol. The number of alkyl halides is 6. The fourth-order valence-electron chi connectivity index (χ4n) is 1.20. The molecule has 0 fully saturated rings. The van der Waals surface area contributed by atoms with Gasteiger partial charge in [0.25, 0.3) is 0 Å². The van der Waals surface area contributed by atoms with Gasteiger partial charge in [-0.15, -0.1) is 0 Å². The number of hydrogen-bond acceptors (Lipinski definition) is 5. The van der Waals surface area contributed by atoms with Crippen LogP contribution in [0.15, 0.2) is 0 Å². The minimum atomic E-state index is -5.42. The molecule has 23 heavy (non-hydrogen) atoms. The van der Waals surface area contributed by atoms with E-state index in [-0.39, 0.29) is 0 Å². The predicted molar refractivity (Wildman–Crippen MR) is 60.8 cm³/mol. The van der Waals surface area contributed by atoms with Crippen LogP contribution < -0.4 is 5.32 Å². The second-order valence-electron chi connectivity index (χ2n) is 4.54. The summed E-state index contributed by atoms with van der Waals surface area (Å²) in [5, 5.41) is 1.14. The van der Waals surface area contributed by atoms with Gasteiger partial charge in [0.15, 0.2) is 6.04 Å². The Kier molecular flexibility index (Phi) is 6.85. The zero-order valence-electron chi connectivity index (χ0n) is 12.0. The first-order valence-electron chi connectivity index (χ1n) is 6.02. The second kappa shape index (κ2) is 7.51. The van der Waals surface area contributed by atoms with Gasteiger partial charge < -0.3 is 14.8 Å². The molecule has 0 aliphatic heterocycles. The van der Waals surface area contributed by atoms with Crippen LogP contribution in [0.1, 0.15) is 20.8 Å². The minimum Gasteiger partial charge on any atom is -0.461 e. The molecule has 2 unspecified atom stereocenters. The molecule has 0 radical (unpaired) electrons. The molecule has 0 aliphatic rings. The molecule has 0 aromatic heterocycles. The van der Waals surface area contributed by atoms with E-state index >= 15 is 0 Å². The second-order valence-corrected chi connectivity index (χ2v) is 4.54. The van der Waals surface area contributed by atoms with E-state index in [2.05, 4.69) is 9.47 Å². The van der Waals surface area contributed by atoms with Crippen molar-refractivity contribution in [2.45, 2.75) is 51.4 Å². The van der Waals surface area contributed by atoms with Crippen LogP contribution in [0.4, 0.5) is 26.3 Å². The van der Waals surface area contributed by atoms with Gasteiger partial charge in [-0.05, 0) is 20.8 Å². The highest BCUT2D eigenvalue weighted by atomic mass is 19.4. The molecule has 2 atom stereocenters. The van der Waals surface area contributed by atoms with E-state index < -0.39 is 48.4 Å². The molecule has 1 N–H and O–H groups in total. The lowest BCUT2D eigenvalue weighted by Gasteiger charge is -2.25. The summed E-state index contributed by atoms with van der Waals surface area (Å²) in [4.78, 5) is 33.1. The number of ether oxygens (including phenoxy) is 2. The summed E-state index contributed by atoms with van der Waals surface area (Å²) in [5.41, 5.74) is 0. The zero-order valence-corrected chi connectivity index (χ0v) is 12.0. The largest absolute Gasteiger partial charge is 0.490 e. The standard InChI is InChI=1S/C11H13F6NO5/c1-4(2)22-7(19)6(18-8(20)10(12,13)14)5(3)23-9(21)11(15,16)17/h4-6H,1-3H3,(H,18,20). The van der Waals surface area contributed by atoms with E-state index in [0.29, 0.717) is 6.92 Å². The molecule has 12 heteroatoms. The monoisotopic (exact) mass is 353 g/mol. The third-order valence-electron chi connectivity index (χ3n) is 2.14. The molecule has 134 valence electrons. The molecule has 0 aromatic rings. The summed E-state index contributed by atoms with van der Waals surface area (Å²) in [7, 11) is 0. The minimum absolute atomic E-state index is 0.701. The first-order valence-corrected chi connectivity index (χ1v) is 6.02. The number of rotatable bonds is 5. The maximum Gasteiger partial charge on any atom is 0.490 e. The number of esters is 2. The predicted octanol–water partition coefficient (Wildman–Crippen LogP) is 1.48. The summed E-state index contributed by atoms with van der Waals surface area (Å²) in [5.74, 6) is -6.81. The summed E-state index contributed by atoms with van der Waals surface area (Å²) in [6.07, 6.45) is -13.7. The van der Waals surface area contributed by atoms with Crippen LogP contribution >= 0.6 is 0 Å². The van der Waals surface area contributed by atoms with E-state index in [1.165, 1.54) is 13.8 Å². The Morgan fingerprint density at radius 3 is 1.70 bits per heavy atom. The van der Waals surface area contributed by atoms with Gasteiger partial charge in [0.05, 0.1) is 6.10 Å². The Morgan fingerprint density at radius 2 is 1.35 bits per heavy atom. The molecule has 0 saturated heterocycles. The number of halogens is 6. The van der Waals surface area contributed by atoms with Crippen LogP contribution in [0.3, 0.4) is 0 Å². The summed E-state index contributed by atoms with van der Waals surface area (Å²) in [6.45, 7) is 3.33. The van der Waals surface area contributed by atoms with Gasteiger partial charge in [0.2, 0.25) is 0 Å². The smallest absolute Gasteiger partial charge is 0.461 e. The van der Waals surface area contributed by atoms with E-state index in [1.54, 1.807) is 0 Å². The first-order chi connectivity index (χ1) is 10.2. The van der Waals surface area contributed by atoms with Gasteiger partial charge in [-0.1, -0.05) is 0 Å². The van der Waals surface area contributed by atoms with Crippen molar-refractivity contribution in [2.24, 2.45) is 0 Å². The number of carbonyl (C=O) groups is 3. The average Bonchev–Trinajstić information content (AvgIpc) is 2.31. The average molecular weight is 353 g/mol. The van der Waals surface area contributed by atoms with Crippen LogP contribution in [0.2, 0.25) is 0 Å². The third-order valence-corrected chi connectivity index (χ3v) is 2.14. The fraction of sp³-hybridized carbons (Fsp3) is 0.727. The summed E-state index contributed by atoms with van der Waals surface area (Å²) >= 11 is 0. The molecule has 0 aromatic carbocycles. The van der Waals surface area contributed by atoms with Crippen LogP contribution in [0.5, 0.6) is 0 Å². The van der Waals surface area contributed by atoms with Crippen molar-refractivity contribution < 1.29 is 50.2 Å². The molecule has 6 nitrogen and oxygen atoms in total. The van der Waals surface area contributed by atoms with Crippen molar-refractivity contribution in [3.8, 4) is 0 Å². The van der Waals surface area contributed by atoms with E-state index in [9.17, 15) is 40.7 Å². The van der Waals surface area contributed by atoms with Gasteiger partial charge in [0, 0.05) is 0 Å². The lowest BCUT2D eigenvalue weighted by molar-refractivity contribution is -0.206. The zero-order chi connectivity index (χ0) is 18.6. The lowest BCUT2D eigenvalue weighted by Crippen LogP contribution is -2.54. The van der Waals surface area contributed by atoms with Crippen molar-refractivity contribution in [3.05, 3.63) is 0 Å². The summed E-state index contributed by atoms with van der Waals surface area (Å²) in [6, 6.07) is -2.27. The highest BCUT2D eigenvalue weighted by molar-refractivity contribution is 5.88. The van der Waals surface area contributed by atoms with Crippen LogP contribution in [-0.4, -0.2) is 48.4 Å². The topological polar surface area (TPSA) is 81.7 Å². The maximum absolute atomic E-state index is 12.2. The van der Waals surface area contributed by atoms with Crippen molar-refractivity contribution in [1.29, 1.82) is 0 Å². The van der Waals surface area contributed by atoms with Gasteiger partial charge in [-0.2, -0.15) is 26.3 Å². The van der Waals surface area contributed by atoms with Crippen molar-refractivity contribution in [1.82, 2.24) is 5.32 Å². The van der Waals surface area contributed by atoms with Gasteiger partial charge in [-0.25, -0.2) is 9.59 Å². The fourth-order valence-corrected chi connectivity index (χ4v) is 1.20. The summed E-state index contributed by atoms with van der Waals surface area (Å²) < 4.78 is 81.2. The number of carbonyl (C=O) groups excluding carboxylic acids is 3. The van der Waals surface area contributed by atoms with Crippen molar-refractivity contribution in [3.63, 3.8) is 0 Å². The van der Waals surface area contributed by atoms with Gasteiger partial charge in [-0.3, -0.25) is 4.79 Å². The SMILES string of the molecule is CC(C)OC(=O)C(NC(=O)C(F)(F)F)C(C)OC(=O)C(F)(F)F. The number of nitrogens with one attached hydrogen (secondary N) is 1. The lowest BCUT2D eigenvalue weighted by atomic mass is 10.1. The Bertz CT molecular complexity index is 459. The van der Waals surface area contributed by atoms with Crippen LogP contribution in [0, 0.1) is 0 Å². The molecule has 0 aliphatic carbocycles. The molecule has 0 rings (SSSR count). The Hall–Kier alpha value is -2.01. The molecule has 1 amide bonds. The third kappa shape index (κ3) is 7.19. The molecule has 0 bridgehead atoms. The Labute approximate surface area is 126 Å². The number of hydrogen-bond donors (Lipinski definition) is 1. The van der Waals surface area contributed by atoms with Crippen LogP contribution in [-0.2, 0) is 23.9 Å². The highest BCUT2D eigenvalue weighted by Crippen LogP contribution is 2.20. The number of amides is 1. The quantitative estimate of drug-likeness (QED) is 0.598. The van der Waals surface area contributed by atoms with E-state index in [4.69, 9.17) is 0 Å². The molecule has 0 spiro atoms. The van der Waals surface area contributed by atoms with Crippen molar-refractivity contribution in [2.75, 3.05) is 0 Å². The van der Waals surface area contributed by atoms with E-state index in [0.717, 1.165) is 5.32 Å². The first kappa shape index (κ1) is 21.0. The van der Waals surface area contributed by atoms with Gasteiger partial charge in [0.1, 0.15) is 6.10 Å². The van der Waals surface area contributed by atoms with Gasteiger partial charge >= 0.3 is 30.2 Å². The Morgan fingerprint density at radius 1 is 0.870 bits per heavy atom. The van der Waals surface area contributed by atoms with Crippen LogP contribution in [0.25, 0.3) is 0 Å². The normalized spacial score (nSPS) is 14.9.